The number of anilines is 2. The molecule has 0 aliphatic carbocycles. The summed E-state index contributed by atoms with van der Waals surface area (Å²) < 4.78 is 53.5. The van der Waals surface area contributed by atoms with Gasteiger partial charge in [0.2, 0.25) is 0 Å². The van der Waals surface area contributed by atoms with Crippen LogP contribution in [0.2, 0.25) is 0 Å². The number of imidazole rings is 1. The molecule has 0 saturated carbocycles. The number of aryl methyl sites for hydroxylation is 2. The number of alkyl halides is 3. The standard InChI is InChI=1S/C26H32FN5O2.C2H3F3/c1-3-6-20-17-32-16-19(14-24(25(32)28-20)30-9-11-34-12-10-30)21-15-23(22(27)13-18(21)2)29-26(33)31-7-4-5-8-31;1-2(3,4)5/h13-17H,3-12H2,1-2H3,(H,29,33);1H3. The van der Waals surface area contributed by atoms with Gasteiger partial charge in [0.25, 0.3) is 0 Å². The quantitative estimate of drug-likeness (QED) is 0.373. The maximum Gasteiger partial charge on any atom is 0.386 e. The molecule has 0 atom stereocenters. The van der Waals surface area contributed by atoms with E-state index in [0.29, 0.717) is 26.3 Å². The van der Waals surface area contributed by atoms with Gasteiger partial charge in [0.05, 0.1) is 30.3 Å². The molecule has 2 amide bonds. The average Bonchev–Trinajstić information content (AvgIpc) is 3.55. The van der Waals surface area contributed by atoms with Gasteiger partial charge in [-0.1, -0.05) is 13.3 Å². The Hall–Kier alpha value is -3.34. The number of rotatable bonds is 5. The van der Waals surface area contributed by atoms with E-state index in [1.807, 2.05) is 6.92 Å². The number of fused-ring (bicyclic) bond motifs is 1. The number of aromatic nitrogens is 2. The van der Waals surface area contributed by atoms with Gasteiger partial charge >= 0.3 is 12.2 Å². The molecule has 0 unspecified atom stereocenters. The predicted molar refractivity (Wildman–Crippen MR) is 144 cm³/mol. The molecule has 2 aliphatic rings. The van der Waals surface area contributed by atoms with E-state index in [9.17, 15) is 22.4 Å². The first-order valence-corrected chi connectivity index (χ1v) is 13.3. The lowest BCUT2D eigenvalue weighted by Gasteiger charge is -2.29. The number of likely N-dealkylation sites (tertiary alicyclic amines) is 1. The van der Waals surface area contributed by atoms with Gasteiger partial charge in [-0.05, 0) is 55.5 Å². The number of ether oxygens (including phenoxy) is 1. The molecule has 11 heteroatoms. The molecule has 2 saturated heterocycles. The summed E-state index contributed by atoms with van der Waals surface area (Å²) in [5, 5.41) is 2.79. The number of carbonyl (C=O) groups is 1. The SMILES string of the molecule is CC(F)(F)F.CCCc1cn2cc(-c3cc(NC(=O)N4CCCC4)c(F)cc3C)cc(N3CCOCC3)c2n1. The van der Waals surface area contributed by atoms with Crippen LogP contribution in [0.5, 0.6) is 0 Å². The molecule has 4 heterocycles. The van der Waals surface area contributed by atoms with Gasteiger partial charge in [-0.3, -0.25) is 0 Å². The number of halogens is 4. The van der Waals surface area contributed by atoms with Crippen LogP contribution in [0.15, 0.2) is 30.6 Å². The zero-order chi connectivity index (χ0) is 28.2. The van der Waals surface area contributed by atoms with Crippen molar-refractivity contribution in [3.8, 4) is 11.1 Å². The Labute approximate surface area is 225 Å². The van der Waals surface area contributed by atoms with Crippen LogP contribution in [0.3, 0.4) is 0 Å². The van der Waals surface area contributed by atoms with E-state index in [1.165, 1.54) is 6.07 Å². The van der Waals surface area contributed by atoms with Crippen LogP contribution in [0.4, 0.5) is 33.7 Å². The smallest absolute Gasteiger partial charge is 0.378 e. The van der Waals surface area contributed by atoms with Gasteiger partial charge in [0.1, 0.15) is 5.82 Å². The number of nitrogens with zero attached hydrogens (tertiary/aromatic N) is 4. The van der Waals surface area contributed by atoms with Crippen LogP contribution in [0.1, 0.15) is 44.4 Å². The first-order chi connectivity index (χ1) is 18.5. The minimum Gasteiger partial charge on any atom is -0.378 e. The molecule has 212 valence electrons. The summed E-state index contributed by atoms with van der Waals surface area (Å²) in [7, 11) is 0. The largest absolute Gasteiger partial charge is 0.386 e. The number of hydrogen-bond acceptors (Lipinski definition) is 4. The van der Waals surface area contributed by atoms with Crippen LogP contribution in [-0.2, 0) is 11.2 Å². The van der Waals surface area contributed by atoms with Gasteiger partial charge < -0.3 is 24.3 Å². The summed E-state index contributed by atoms with van der Waals surface area (Å²) in [4.78, 5) is 21.6. The Kier molecular flexibility index (Phi) is 8.99. The van der Waals surface area contributed by atoms with Crippen molar-refractivity contribution in [2.75, 3.05) is 49.6 Å². The lowest BCUT2D eigenvalue weighted by molar-refractivity contribution is -0.110. The number of pyridine rings is 1. The highest BCUT2D eigenvalue weighted by Crippen LogP contribution is 2.34. The van der Waals surface area contributed by atoms with Crippen molar-refractivity contribution in [1.29, 1.82) is 0 Å². The summed E-state index contributed by atoms with van der Waals surface area (Å²) in [6.45, 7) is 8.63. The zero-order valence-electron chi connectivity index (χ0n) is 22.6. The lowest BCUT2D eigenvalue weighted by atomic mass is 10.00. The van der Waals surface area contributed by atoms with E-state index in [2.05, 4.69) is 40.0 Å². The summed E-state index contributed by atoms with van der Waals surface area (Å²) >= 11 is 0. The van der Waals surface area contributed by atoms with Crippen molar-refractivity contribution in [3.63, 3.8) is 0 Å². The molecule has 0 radical (unpaired) electrons. The van der Waals surface area contributed by atoms with Gasteiger partial charge in [-0.15, -0.1) is 0 Å². The van der Waals surface area contributed by atoms with Crippen molar-refractivity contribution >= 4 is 23.1 Å². The fraction of sp³-hybridized carbons (Fsp3) is 0.500. The molecule has 5 rings (SSSR count). The molecule has 3 aromatic rings. The van der Waals surface area contributed by atoms with E-state index in [-0.39, 0.29) is 18.6 Å². The summed E-state index contributed by atoms with van der Waals surface area (Å²) in [5.74, 6) is -0.420. The molecule has 1 aromatic carbocycles. The highest BCUT2D eigenvalue weighted by Gasteiger charge is 2.22. The monoisotopic (exact) mass is 549 g/mol. The maximum atomic E-state index is 14.8. The third-order valence-electron chi connectivity index (χ3n) is 6.70. The third kappa shape index (κ3) is 7.40. The van der Waals surface area contributed by atoms with Gasteiger partial charge in [0.15, 0.2) is 5.65 Å². The normalized spacial score (nSPS) is 15.9. The summed E-state index contributed by atoms with van der Waals surface area (Å²) in [6.07, 6.45) is 4.07. The van der Waals surface area contributed by atoms with Gasteiger partial charge in [0, 0.05) is 51.1 Å². The van der Waals surface area contributed by atoms with Crippen LogP contribution < -0.4 is 10.2 Å². The van der Waals surface area contributed by atoms with Crippen LogP contribution in [-0.4, -0.2) is 65.9 Å². The van der Waals surface area contributed by atoms with E-state index in [4.69, 9.17) is 9.72 Å². The minimum absolute atomic E-state index is 0.188. The Bertz CT molecular complexity index is 1290. The van der Waals surface area contributed by atoms with Crippen molar-refractivity contribution in [2.24, 2.45) is 0 Å². The molecule has 2 aliphatic heterocycles. The lowest BCUT2D eigenvalue weighted by Crippen LogP contribution is -2.36. The summed E-state index contributed by atoms with van der Waals surface area (Å²) in [5.41, 5.74) is 5.92. The Balaban J connectivity index is 0.000000648. The molecule has 7 nitrogen and oxygen atoms in total. The highest BCUT2D eigenvalue weighted by atomic mass is 19.4. The first-order valence-electron chi connectivity index (χ1n) is 13.3. The van der Waals surface area contributed by atoms with Crippen molar-refractivity contribution in [3.05, 3.63) is 47.7 Å². The number of benzene rings is 1. The third-order valence-corrected chi connectivity index (χ3v) is 6.70. The van der Waals surface area contributed by atoms with Gasteiger partial charge in [-0.2, -0.15) is 13.2 Å². The molecule has 2 aromatic heterocycles. The first kappa shape index (κ1) is 28.7. The molecular weight excluding hydrogens is 514 g/mol. The molecule has 2 fully saturated rings. The number of hydrogen-bond donors (Lipinski definition) is 1. The number of amides is 2. The van der Waals surface area contributed by atoms with Crippen LogP contribution >= 0.6 is 0 Å². The second-order valence-electron chi connectivity index (χ2n) is 9.98. The molecule has 1 N–H and O–H groups in total. The Morgan fingerprint density at radius 2 is 1.74 bits per heavy atom. The average molecular weight is 550 g/mol. The second kappa shape index (κ2) is 12.2. The molecular formula is C28H35F4N5O2. The Morgan fingerprint density at radius 3 is 2.38 bits per heavy atom. The number of morpholine rings is 1. The molecule has 39 heavy (non-hydrogen) atoms. The topological polar surface area (TPSA) is 62.1 Å². The van der Waals surface area contributed by atoms with Crippen molar-refractivity contribution in [2.45, 2.75) is 52.6 Å². The zero-order valence-corrected chi connectivity index (χ0v) is 22.6. The van der Waals surface area contributed by atoms with E-state index in [0.717, 1.165) is 72.5 Å². The molecule has 0 bridgehead atoms. The minimum atomic E-state index is -4.00. The number of urea groups is 1. The van der Waals surface area contributed by atoms with Crippen LogP contribution in [0, 0.1) is 12.7 Å². The van der Waals surface area contributed by atoms with Crippen LogP contribution in [0.25, 0.3) is 16.8 Å². The van der Waals surface area contributed by atoms with E-state index >= 15 is 0 Å². The fourth-order valence-electron chi connectivity index (χ4n) is 4.89. The maximum absolute atomic E-state index is 14.8. The van der Waals surface area contributed by atoms with E-state index in [1.54, 1.807) is 11.0 Å². The highest BCUT2D eigenvalue weighted by molar-refractivity contribution is 5.91. The number of carbonyl (C=O) groups excluding carboxylic acids is 1. The van der Waals surface area contributed by atoms with Crippen molar-refractivity contribution in [1.82, 2.24) is 14.3 Å². The van der Waals surface area contributed by atoms with E-state index < -0.39 is 12.0 Å². The second-order valence-corrected chi connectivity index (χ2v) is 9.98. The van der Waals surface area contributed by atoms with Crippen molar-refractivity contribution < 1.29 is 27.1 Å². The molecule has 0 spiro atoms. The van der Waals surface area contributed by atoms with Gasteiger partial charge in [-0.25, -0.2) is 14.2 Å². The Morgan fingerprint density at radius 1 is 1.08 bits per heavy atom. The fourth-order valence-corrected chi connectivity index (χ4v) is 4.89. The number of nitrogens with one attached hydrogen (secondary N) is 1. The predicted octanol–water partition coefficient (Wildman–Crippen LogP) is 6.43. The summed E-state index contributed by atoms with van der Waals surface area (Å²) in [6, 6.07) is 5.15.